The lowest BCUT2D eigenvalue weighted by Gasteiger charge is -2.41. The number of anilines is 1. The van der Waals surface area contributed by atoms with Crippen LogP contribution in [0, 0.1) is 0 Å². The number of nitrogens with zero attached hydrogens (tertiary/aromatic N) is 3. The first-order valence-corrected chi connectivity index (χ1v) is 13.4. The molecule has 2 heterocycles. The van der Waals surface area contributed by atoms with Crippen LogP contribution in [0.1, 0.15) is 73.6 Å². The lowest BCUT2D eigenvalue weighted by atomic mass is 9.93. The van der Waals surface area contributed by atoms with Gasteiger partial charge in [-0.25, -0.2) is 4.79 Å². The maximum Gasteiger partial charge on any atom is 0.410 e. The van der Waals surface area contributed by atoms with E-state index in [-0.39, 0.29) is 12.1 Å². The van der Waals surface area contributed by atoms with Gasteiger partial charge in [-0.05, 0) is 60.4 Å². The first kappa shape index (κ1) is 22.0. The van der Waals surface area contributed by atoms with Crippen LogP contribution >= 0.6 is 0 Å². The minimum Gasteiger partial charge on any atom is -0.445 e. The van der Waals surface area contributed by atoms with E-state index in [1.807, 2.05) is 35.2 Å². The molecular formula is C29H37N3O2. The van der Waals surface area contributed by atoms with Gasteiger partial charge < -0.3 is 14.5 Å². The van der Waals surface area contributed by atoms with Crippen molar-refractivity contribution in [3.05, 3.63) is 65.2 Å². The molecule has 6 rings (SSSR count). The molecule has 1 saturated carbocycles. The van der Waals surface area contributed by atoms with Crippen molar-refractivity contribution in [2.24, 2.45) is 0 Å². The zero-order chi connectivity index (χ0) is 22.9. The van der Waals surface area contributed by atoms with Gasteiger partial charge in [0.25, 0.3) is 0 Å². The fourth-order valence-corrected chi connectivity index (χ4v) is 6.77. The highest BCUT2D eigenvalue weighted by Crippen LogP contribution is 2.50. The maximum atomic E-state index is 13.0. The van der Waals surface area contributed by atoms with Gasteiger partial charge in [0.1, 0.15) is 6.61 Å². The zero-order valence-corrected chi connectivity index (χ0v) is 20.2. The summed E-state index contributed by atoms with van der Waals surface area (Å²) in [6, 6.07) is 18.0. The van der Waals surface area contributed by atoms with Gasteiger partial charge in [-0.1, -0.05) is 55.7 Å². The van der Waals surface area contributed by atoms with Crippen molar-refractivity contribution in [1.82, 2.24) is 9.80 Å². The molecule has 0 N–H and O–H groups in total. The van der Waals surface area contributed by atoms with Crippen LogP contribution in [0.2, 0.25) is 0 Å². The van der Waals surface area contributed by atoms with Gasteiger partial charge in [0, 0.05) is 44.5 Å². The van der Waals surface area contributed by atoms with E-state index in [1.165, 1.54) is 62.0 Å². The average Bonchev–Trinajstić information content (AvgIpc) is 3.19. The molecule has 180 valence electrons. The molecule has 2 aliphatic carbocycles. The summed E-state index contributed by atoms with van der Waals surface area (Å²) in [4.78, 5) is 20.3. The van der Waals surface area contributed by atoms with Crippen molar-refractivity contribution in [2.45, 2.75) is 69.6 Å². The highest BCUT2D eigenvalue weighted by atomic mass is 16.6. The Balaban J connectivity index is 1.12. The molecule has 5 nitrogen and oxygen atoms in total. The lowest BCUT2D eigenvalue weighted by molar-refractivity contribution is 0.0694. The van der Waals surface area contributed by atoms with Crippen LogP contribution < -0.4 is 4.90 Å². The van der Waals surface area contributed by atoms with E-state index < -0.39 is 0 Å². The number of fused-ring (bicyclic) bond motifs is 5. The second-order valence-electron chi connectivity index (χ2n) is 10.6. The second-order valence-corrected chi connectivity index (χ2v) is 10.6. The second kappa shape index (κ2) is 9.61. The highest BCUT2D eigenvalue weighted by molar-refractivity contribution is 5.70. The summed E-state index contributed by atoms with van der Waals surface area (Å²) < 4.78 is 5.72. The Hall–Kier alpha value is -2.53. The normalized spacial score (nSPS) is 25.3. The first-order chi connectivity index (χ1) is 16.8. The summed E-state index contributed by atoms with van der Waals surface area (Å²) in [6.45, 7) is 5.67. The quantitative estimate of drug-likeness (QED) is 0.587. The van der Waals surface area contributed by atoms with Crippen LogP contribution in [0.5, 0.6) is 0 Å². The third kappa shape index (κ3) is 4.31. The van der Waals surface area contributed by atoms with Gasteiger partial charge in [0.15, 0.2) is 0 Å². The number of carbonyl (C=O) groups excluding carboxylic acids is 1. The van der Waals surface area contributed by atoms with Crippen molar-refractivity contribution in [3.8, 4) is 0 Å². The molecule has 2 atom stereocenters. The smallest absolute Gasteiger partial charge is 0.410 e. The fraction of sp³-hybridized carbons (Fsp3) is 0.552. The monoisotopic (exact) mass is 459 g/mol. The van der Waals surface area contributed by atoms with Gasteiger partial charge in [-0.2, -0.15) is 0 Å². The molecule has 0 unspecified atom stereocenters. The number of piperidine rings is 1. The Labute approximate surface area is 203 Å². The van der Waals surface area contributed by atoms with Crippen LogP contribution in [0.3, 0.4) is 0 Å². The Morgan fingerprint density at radius 3 is 2.44 bits per heavy atom. The average molecular weight is 460 g/mol. The summed E-state index contributed by atoms with van der Waals surface area (Å²) in [6.07, 6.45) is 8.90. The maximum absolute atomic E-state index is 13.0. The number of carbonyl (C=O) groups is 1. The molecule has 2 aliphatic heterocycles. The topological polar surface area (TPSA) is 36.0 Å². The number of benzene rings is 2. The highest BCUT2D eigenvalue weighted by Gasteiger charge is 2.41. The Kier molecular flexibility index (Phi) is 6.21. The van der Waals surface area contributed by atoms with Gasteiger partial charge >= 0.3 is 6.09 Å². The van der Waals surface area contributed by atoms with Crippen molar-refractivity contribution in [1.29, 1.82) is 0 Å². The molecule has 3 fully saturated rings. The molecule has 2 bridgehead atoms. The Morgan fingerprint density at radius 2 is 1.65 bits per heavy atom. The number of hydrogen-bond acceptors (Lipinski definition) is 4. The molecule has 34 heavy (non-hydrogen) atoms. The van der Waals surface area contributed by atoms with E-state index >= 15 is 0 Å². The molecule has 2 saturated heterocycles. The van der Waals surface area contributed by atoms with Crippen LogP contribution in [-0.2, 0) is 11.3 Å². The van der Waals surface area contributed by atoms with Crippen molar-refractivity contribution in [2.75, 3.05) is 37.6 Å². The summed E-state index contributed by atoms with van der Waals surface area (Å²) in [7, 11) is 0. The lowest BCUT2D eigenvalue weighted by Crippen LogP contribution is -2.50. The van der Waals surface area contributed by atoms with Gasteiger partial charge in [0.05, 0.1) is 6.04 Å². The number of rotatable bonds is 4. The van der Waals surface area contributed by atoms with Gasteiger partial charge in [0.2, 0.25) is 0 Å². The zero-order valence-electron chi connectivity index (χ0n) is 20.2. The molecule has 2 aromatic rings. The van der Waals surface area contributed by atoms with Crippen LogP contribution in [0.25, 0.3) is 0 Å². The van der Waals surface area contributed by atoms with E-state index in [0.29, 0.717) is 12.5 Å². The number of hydrogen-bond donors (Lipinski definition) is 0. The van der Waals surface area contributed by atoms with E-state index in [9.17, 15) is 4.79 Å². The summed E-state index contributed by atoms with van der Waals surface area (Å²) in [5.74, 6) is 0.579. The number of likely N-dealkylation sites (tertiary alicyclic amines) is 1. The van der Waals surface area contributed by atoms with Crippen molar-refractivity contribution >= 4 is 11.8 Å². The van der Waals surface area contributed by atoms with Crippen molar-refractivity contribution in [3.63, 3.8) is 0 Å². The minimum atomic E-state index is -0.174. The standard InChI is InChI=1S/C29H37N3O2/c33-29(34-21-22-7-3-1-4-8-22)32-14-13-23-19-28(32)27-20-25(11-12-26(23)27)31-17-15-30(16-18-31)24-9-5-2-6-10-24/h1,3-4,7-8,11-12,20,23-24,28H,2,5-6,9-10,13-19,21H2/t23-,28-/m1/s1. The number of amides is 1. The van der Waals surface area contributed by atoms with Crippen LogP contribution in [0.15, 0.2) is 48.5 Å². The molecule has 0 aromatic heterocycles. The molecular weight excluding hydrogens is 422 g/mol. The first-order valence-electron chi connectivity index (χ1n) is 13.4. The number of piperazine rings is 1. The molecule has 4 aliphatic rings. The molecule has 0 radical (unpaired) electrons. The minimum absolute atomic E-state index is 0.153. The Morgan fingerprint density at radius 1 is 0.853 bits per heavy atom. The third-order valence-electron chi connectivity index (χ3n) is 8.68. The van der Waals surface area contributed by atoms with E-state index in [0.717, 1.165) is 44.1 Å². The largest absolute Gasteiger partial charge is 0.445 e. The van der Waals surface area contributed by atoms with E-state index in [4.69, 9.17) is 4.74 Å². The predicted molar refractivity (Wildman–Crippen MR) is 135 cm³/mol. The van der Waals surface area contributed by atoms with E-state index in [1.54, 1.807) is 0 Å². The number of ether oxygens (including phenoxy) is 1. The van der Waals surface area contributed by atoms with E-state index in [2.05, 4.69) is 28.0 Å². The summed E-state index contributed by atoms with van der Waals surface area (Å²) in [5.41, 5.74) is 5.17. The fourth-order valence-electron chi connectivity index (χ4n) is 6.77. The van der Waals surface area contributed by atoms with Crippen molar-refractivity contribution < 1.29 is 9.53 Å². The van der Waals surface area contributed by atoms with Crippen LogP contribution in [0.4, 0.5) is 10.5 Å². The third-order valence-corrected chi connectivity index (χ3v) is 8.68. The molecule has 1 amide bonds. The predicted octanol–water partition coefficient (Wildman–Crippen LogP) is 5.71. The summed E-state index contributed by atoms with van der Waals surface area (Å²) >= 11 is 0. The molecule has 2 aromatic carbocycles. The van der Waals surface area contributed by atoms with Gasteiger partial charge in [-0.15, -0.1) is 0 Å². The van der Waals surface area contributed by atoms with Gasteiger partial charge in [-0.3, -0.25) is 4.90 Å². The molecule has 0 spiro atoms. The SMILES string of the molecule is O=C(OCc1ccccc1)N1CC[C@@H]2C[C@@H]1c1cc(N3CCN(C4CCCCC4)CC3)ccc12. The summed E-state index contributed by atoms with van der Waals surface area (Å²) in [5, 5.41) is 0. The molecule has 5 heteroatoms. The Bertz CT molecular complexity index is 996. The van der Waals surface area contributed by atoms with Crippen LogP contribution in [-0.4, -0.2) is 54.7 Å².